The number of nitrogen functional groups attached to an aromatic ring is 1. The van der Waals surface area contributed by atoms with Gasteiger partial charge in [-0.2, -0.15) is 5.10 Å². The minimum absolute atomic E-state index is 0.109. The van der Waals surface area contributed by atoms with Crippen LogP contribution < -0.4 is 11.2 Å². The quantitative estimate of drug-likeness (QED) is 0.322. The van der Waals surface area contributed by atoms with E-state index in [1.807, 2.05) is 12.1 Å². The Hall–Kier alpha value is -3.01. The highest BCUT2D eigenvalue weighted by Crippen LogP contribution is 2.25. The van der Waals surface area contributed by atoms with Crippen molar-refractivity contribution in [2.45, 2.75) is 5.16 Å². The molecular weight excluding hydrogens is 457 g/mol. The molecule has 0 aliphatic carbocycles. The van der Waals surface area contributed by atoms with Crippen LogP contribution in [0.5, 0.6) is 0 Å². The summed E-state index contributed by atoms with van der Waals surface area (Å²) in [5.41, 5.74) is 2.41. The van der Waals surface area contributed by atoms with E-state index < -0.39 is 0 Å². The van der Waals surface area contributed by atoms with Crippen molar-refractivity contribution in [1.29, 1.82) is 0 Å². The van der Waals surface area contributed by atoms with Crippen LogP contribution in [0.25, 0.3) is 22.6 Å². The SMILES string of the molecule is Cn1nc(-c2ccc(Cl)cc2)cc1NC(=O)CSc1nnc(-c2ccc(Cl)cc2)n1N. The van der Waals surface area contributed by atoms with Crippen LogP contribution in [0.4, 0.5) is 5.82 Å². The summed E-state index contributed by atoms with van der Waals surface area (Å²) in [5.74, 6) is 7.05. The van der Waals surface area contributed by atoms with Gasteiger partial charge in [0.25, 0.3) is 0 Å². The number of nitrogens with zero attached hydrogens (tertiary/aromatic N) is 5. The maximum Gasteiger partial charge on any atom is 0.235 e. The minimum Gasteiger partial charge on any atom is -0.335 e. The van der Waals surface area contributed by atoms with E-state index in [2.05, 4.69) is 20.6 Å². The molecule has 2 aromatic carbocycles. The summed E-state index contributed by atoms with van der Waals surface area (Å²) in [6.07, 6.45) is 0. The topological polar surface area (TPSA) is 104 Å². The average molecular weight is 474 g/mol. The first-order valence-electron chi connectivity index (χ1n) is 9.10. The smallest absolute Gasteiger partial charge is 0.235 e. The molecule has 0 atom stereocenters. The molecule has 11 heteroatoms. The van der Waals surface area contributed by atoms with Crippen molar-refractivity contribution in [2.24, 2.45) is 7.05 Å². The Morgan fingerprint density at radius 3 is 2.29 bits per heavy atom. The molecule has 0 aliphatic heterocycles. The van der Waals surface area contributed by atoms with Gasteiger partial charge in [0.05, 0.1) is 11.4 Å². The third-order valence-electron chi connectivity index (χ3n) is 4.39. The summed E-state index contributed by atoms with van der Waals surface area (Å²) in [5, 5.41) is 17.1. The Kier molecular flexibility index (Phi) is 6.17. The van der Waals surface area contributed by atoms with E-state index in [0.29, 0.717) is 26.8 Å². The van der Waals surface area contributed by atoms with Crippen LogP contribution >= 0.6 is 35.0 Å². The second kappa shape index (κ2) is 9.01. The molecule has 0 aliphatic rings. The molecule has 4 rings (SSSR count). The minimum atomic E-state index is -0.216. The van der Waals surface area contributed by atoms with E-state index in [0.717, 1.165) is 16.8 Å². The van der Waals surface area contributed by atoms with E-state index in [1.165, 1.54) is 16.4 Å². The van der Waals surface area contributed by atoms with Gasteiger partial charge in [-0.15, -0.1) is 10.2 Å². The average Bonchev–Trinajstić information content (AvgIpc) is 3.30. The monoisotopic (exact) mass is 473 g/mol. The first-order valence-corrected chi connectivity index (χ1v) is 10.8. The number of carbonyl (C=O) groups is 1. The highest BCUT2D eigenvalue weighted by Gasteiger charge is 2.15. The number of hydrogen-bond acceptors (Lipinski definition) is 6. The molecule has 31 heavy (non-hydrogen) atoms. The molecule has 0 saturated heterocycles. The largest absolute Gasteiger partial charge is 0.335 e. The van der Waals surface area contributed by atoms with E-state index >= 15 is 0 Å². The molecule has 2 aromatic heterocycles. The van der Waals surface area contributed by atoms with Gasteiger partial charge in [-0.1, -0.05) is 47.1 Å². The second-order valence-electron chi connectivity index (χ2n) is 6.57. The van der Waals surface area contributed by atoms with Crippen molar-refractivity contribution in [3.05, 3.63) is 64.6 Å². The number of benzene rings is 2. The van der Waals surface area contributed by atoms with Gasteiger partial charge >= 0.3 is 0 Å². The predicted molar refractivity (Wildman–Crippen MR) is 124 cm³/mol. The highest BCUT2D eigenvalue weighted by atomic mass is 35.5. The molecule has 4 aromatic rings. The van der Waals surface area contributed by atoms with Crippen molar-refractivity contribution in [3.8, 4) is 22.6 Å². The Bertz CT molecular complexity index is 1220. The fourth-order valence-corrected chi connectivity index (χ4v) is 3.73. The Balaban J connectivity index is 1.40. The Labute approximate surface area is 192 Å². The van der Waals surface area contributed by atoms with Gasteiger partial charge in [0.15, 0.2) is 5.82 Å². The third kappa shape index (κ3) is 4.84. The first-order chi connectivity index (χ1) is 14.9. The maximum absolute atomic E-state index is 12.5. The number of carbonyl (C=O) groups excluding carboxylic acids is 1. The van der Waals surface area contributed by atoms with E-state index in [-0.39, 0.29) is 11.7 Å². The highest BCUT2D eigenvalue weighted by molar-refractivity contribution is 7.99. The molecule has 0 bridgehead atoms. The zero-order valence-corrected chi connectivity index (χ0v) is 18.6. The summed E-state index contributed by atoms with van der Waals surface area (Å²) in [6, 6.07) is 16.2. The zero-order chi connectivity index (χ0) is 22.0. The molecule has 1 amide bonds. The molecule has 0 saturated carbocycles. The van der Waals surface area contributed by atoms with Crippen LogP contribution in [0.1, 0.15) is 0 Å². The number of nitrogens with two attached hydrogens (primary N) is 1. The van der Waals surface area contributed by atoms with Crippen LogP contribution in [0.2, 0.25) is 10.0 Å². The predicted octanol–water partition coefficient (Wildman–Crippen LogP) is 4.10. The number of amides is 1. The number of anilines is 1. The van der Waals surface area contributed by atoms with Gasteiger partial charge in [0, 0.05) is 34.3 Å². The van der Waals surface area contributed by atoms with Crippen molar-refractivity contribution in [2.75, 3.05) is 16.9 Å². The molecule has 8 nitrogen and oxygen atoms in total. The van der Waals surface area contributed by atoms with Crippen LogP contribution in [0.3, 0.4) is 0 Å². The molecule has 0 spiro atoms. The number of hydrogen-bond donors (Lipinski definition) is 2. The van der Waals surface area contributed by atoms with Crippen molar-refractivity contribution >= 4 is 46.7 Å². The summed E-state index contributed by atoms with van der Waals surface area (Å²) >= 11 is 13.0. The lowest BCUT2D eigenvalue weighted by Crippen LogP contribution is -2.18. The lowest BCUT2D eigenvalue weighted by Gasteiger charge is -2.05. The van der Waals surface area contributed by atoms with Crippen molar-refractivity contribution in [1.82, 2.24) is 24.7 Å². The molecule has 3 N–H and O–H groups in total. The zero-order valence-electron chi connectivity index (χ0n) is 16.3. The molecule has 0 fully saturated rings. The number of rotatable bonds is 6. The van der Waals surface area contributed by atoms with Crippen LogP contribution in [0, 0.1) is 0 Å². The van der Waals surface area contributed by atoms with Crippen LogP contribution in [-0.4, -0.2) is 36.3 Å². The van der Waals surface area contributed by atoms with E-state index in [1.54, 1.807) is 54.2 Å². The van der Waals surface area contributed by atoms with Gasteiger partial charge in [0.1, 0.15) is 5.82 Å². The van der Waals surface area contributed by atoms with Crippen molar-refractivity contribution < 1.29 is 4.79 Å². The second-order valence-corrected chi connectivity index (χ2v) is 8.38. The van der Waals surface area contributed by atoms with Crippen LogP contribution in [0.15, 0.2) is 59.8 Å². The number of halogens is 2. The van der Waals surface area contributed by atoms with Gasteiger partial charge in [-0.3, -0.25) is 9.48 Å². The lowest BCUT2D eigenvalue weighted by molar-refractivity contribution is -0.113. The molecule has 0 radical (unpaired) electrons. The fourth-order valence-electron chi connectivity index (χ4n) is 2.83. The summed E-state index contributed by atoms with van der Waals surface area (Å²) < 4.78 is 2.96. The fraction of sp³-hybridized carbons (Fsp3) is 0.100. The van der Waals surface area contributed by atoms with E-state index in [9.17, 15) is 4.79 Å². The number of nitrogens with one attached hydrogen (secondary N) is 1. The van der Waals surface area contributed by atoms with Crippen molar-refractivity contribution in [3.63, 3.8) is 0 Å². The summed E-state index contributed by atoms with van der Waals surface area (Å²) in [4.78, 5) is 12.5. The normalized spacial score (nSPS) is 10.9. The molecular formula is C20H17Cl2N7OS. The maximum atomic E-state index is 12.5. The van der Waals surface area contributed by atoms with Gasteiger partial charge in [-0.25, -0.2) is 4.68 Å². The van der Waals surface area contributed by atoms with Crippen LogP contribution in [-0.2, 0) is 11.8 Å². The summed E-state index contributed by atoms with van der Waals surface area (Å²) in [6.45, 7) is 0. The Morgan fingerprint density at radius 2 is 1.65 bits per heavy atom. The first kappa shape index (κ1) is 21.2. The van der Waals surface area contributed by atoms with E-state index in [4.69, 9.17) is 29.0 Å². The molecule has 158 valence electrons. The van der Waals surface area contributed by atoms with Gasteiger partial charge in [-0.05, 0) is 36.4 Å². The van der Waals surface area contributed by atoms with Gasteiger partial charge < -0.3 is 11.2 Å². The summed E-state index contributed by atoms with van der Waals surface area (Å²) in [7, 11) is 1.76. The lowest BCUT2D eigenvalue weighted by atomic mass is 10.1. The number of aromatic nitrogens is 5. The standard InChI is InChI=1S/C20H17Cl2N7OS/c1-28-17(10-16(27-28)12-2-6-14(21)7-3-12)24-18(30)11-31-20-26-25-19(29(20)23)13-4-8-15(22)9-5-13/h2-10H,11,23H2,1H3,(H,24,30). The molecule has 0 unspecified atom stereocenters. The molecule has 2 heterocycles. The number of aryl methyl sites for hydroxylation is 1. The van der Waals surface area contributed by atoms with Gasteiger partial charge in [0.2, 0.25) is 11.1 Å². The number of thioether (sulfide) groups is 1. The third-order valence-corrected chi connectivity index (χ3v) is 5.83. The Morgan fingerprint density at radius 1 is 1.03 bits per heavy atom.